The second kappa shape index (κ2) is 5.47. The number of nitrogens with two attached hydrogens (primary N) is 1. The van der Waals surface area contributed by atoms with Crippen LogP contribution in [-0.4, -0.2) is 4.98 Å². The van der Waals surface area contributed by atoms with Gasteiger partial charge in [0.2, 0.25) is 0 Å². The Morgan fingerprint density at radius 2 is 2.05 bits per heavy atom. The monoisotopic (exact) mass is 305 g/mol. The van der Waals surface area contributed by atoms with Crippen molar-refractivity contribution < 1.29 is 17.6 Å². The third-order valence-electron chi connectivity index (χ3n) is 2.84. The van der Waals surface area contributed by atoms with Crippen molar-refractivity contribution in [2.45, 2.75) is 19.1 Å². The van der Waals surface area contributed by atoms with Crippen LogP contribution in [0.4, 0.5) is 17.6 Å². The van der Waals surface area contributed by atoms with E-state index >= 15 is 0 Å². The Hall–Kier alpha value is -1.51. The molecule has 1 heterocycles. The third-order valence-corrected chi connectivity index (χ3v) is 3.84. The zero-order valence-electron chi connectivity index (χ0n) is 10.3. The van der Waals surface area contributed by atoms with Gasteiger partial charge in [0.1, 0.15) is 5.82 Å². The highest BCUT2D eigenvalue weighted by atomic mass is 32.1. The van der Waals surface area contributed by atoms with Crippen molar-refractivity contribution >= 4 is 11.3 Å². The Labute approximate surface area is 116 Å². The van der Waals surface area contributed by atoms with Crippen LogP contribution in [0.2, 0.25) is 0 Å². The van der Waals surface area contributed by atoms with Crippen molar-refractivity contribution in [3.8, 4) is 0 Å². The number of halogens is 4. The lowest BCUT2D eigenvalue weighted by molar-refractivity contribution is -0.140. The van der Waals surface area contributed by atoms with E-state index in [1.807, 2.05) is 0 Å². The summed E-state index contributed by atoms with van der Waals surface area (Å²) in [5, 5.41) is 0. The highest BCUT2D eigenvalue weighted by Crippen LogP contribution is 2.35. The smallest absolute Gasteiger partial charge is 0.271 e. The van der Waals surface area contributed by atoms with E-state index in [4.69, 9.17) is 5.84 Å². The minimum atomic E-state index is -4.75. The fourth-order valence-electron chi connectivity index (χ4n) is 1.85. The van der Waals surface area contributed by atoms with E-state index in [0.29, 0.717) is 10.6 Å². The van der Waals surface area contributed by atoms with Crippen LogP contribution in [-0.2, 0) is 6.18 Å². The summed E-state index contributed by atoms with van der Waals surface area (Å²) in [5.74, 6) is 4.11. The Balaban J connectivity index is 2.49. The number of nitrogens with zero attached hydrogens (tertiary/aromatic N) is 1. The zero-order valence-corrected chi connectivity index (χ0v) is 11.1. The molecule has 2 aromatic rings. The van der Waals surface area contributed by atoms with Crippen LogP contribution in [0, 0.1) is 12.7 Å². The van der Waals surface area contributed by atoms with Crippen molar-refractivity contribution in [1.29, 1.82) is 0 Å². The number of hydrogen-bond donors (Lipinski definition) is 2. The van der Waals surface area contributed by atoms with E-state index in [-0.39, 0.29) is 5.56 Å². The maximum Gasteiger partial charge on any atom is 0.419 e. The van der Waals surface area contributed by atoms with Crippen LogP contribution in [0.15, 0.2) is 23.7 Å². The van der Waals surface area contributed by atoms with Crippen LogP contribution >= 0.6 is 11.3 Å². The predicted octanol–water partition coefficient (Wildman–Crippen LogP) is 3.16. The molecular formula is C12H11F4N3S. The summed E-state index contributed by atoms with van der Waals surface area (Å²) >= 11 is 1.27. The summed E-state index contributed by atoms with van der Waals surface area (Å²) in [6.45, 7) is 1.73. The van der Waals surface area contributed by atoms with Gasteiger partial charge in [0, 0.05) is 0 Å². The molecule has 0 bridgehead atoms. The molecule has 2 rings (SSSR count). The van der Waals surface area contributed by atoms with Gasteiger partial charge in [-0.15, -0.1) is 11.3 Å². The molecule has 0 saturated carbocycles. The maximum atomic E-state index is 13.3. The molecule has 8 heteroatoms. The molecule has 108 valence electrons. The van der Waals surface area contributed by atoms with Crippen LogP contribution in [0.25, 0.3) is 0 Å². The fraction of sp³-hybridized carbons (Fsp3) is 0.250. The summed E-state index contributed by atoms with van der Waals surface area (Å²) in [5.41, 5.74) is 3.60. The maximum absolute atomic E-state index is 13.3. The SMILES string of the molecule is Cc1ncsc1C(NN)c1ccc(F)c(C(F)(F)F)c1. The molecule has 0 saturated heterocycles. The molecule has 1 atom stereocenters. The van der Waals surface area contributed by atoms with Gasteiger partial charge in [-0.2, -0.15) is 13.2 Å². The van der Waals surface area contributed by atoms with E-state index in [2.05, 4.69) is 10.4 Å². The van der Waals surface area contributed by atoms with E-state index in [1.165, 1.54) is 17.4 Å². The molecule has 0 radical (unpaired) electrons. The minimum Gasteiger partial charge on any atom is -0.271 e. The van der Waals surface area contributed by atoms with E-state index in [1.54, 1.807) is 12.4 Å². The molecule has 3 N–H and O–H groups in total. The topological polar surface area (TPSA) is 50.9 Å². The average molecular weight is 305 g/mol. The summed E-state index contributed by atoms with van der Waals surface area (Å²) in [7, 11) is 0. The zero-order chi connectivity index (χ0) is 14.9. The first-order chi connectivity index (χ1) is 9.34. The third kappa shape index (κ3) is 2.82. The predicted molar refractivity (Wildman–Crippen MR) is 67.4 cm³/mol. The van der Waals surface area contributed by atoms with Gasteiger partial charge in [-0.3, -0.25) is 5.84 Å². The molecule has 20 heavy (non-hydrogen) atoms. The molecule has 0 fully saturated rings. The van der Waals surface area contributed by atoms with E-state index in [0.717, 1.165) is 12.1 Å². The quantitative estimate of drug-likeness (QED) is 0.520. The largest absolute Gasteiger partial charge is 0.419 e. The molecule has 0 amide bonds. The lowest BCUT2D eigenvalue weighted by Crippen LogP contribution is -2.29. The van der Waals surface area contributed by atoms with Gasteiger partial charge in [-0.25, -0.2) is 14.8 Å². The van der Waals surface area contributed by atoms with Crippen LogP contribution in [0.5, 0.6) is 0 Å². The standard InChI is InChI=1S/C12H11F4N3S/c1-6-11(20-5-18-6)10(19-17)7-2-3-9(13)8(4-7)12(14,15)16/h2-5,10,19H,17H2,1H3. The van der Waals surface area contributed by atoms with Crippen molar-refractivity contribution in [3.63, 3.8) is 0 Å². The number of alkyl halides is 3. The molecule has 1 aromatic heterocycles. The molecule has 0 aliphatic carbocycles. The van der Waals surface area contributed by atoms with Crippen molar-refractivity contribution in [2.75, 3.05) is 0 Å². The number of aromatic nitrogens is 1. The summed E-state index contributed by atoms with van der Waals surface area (Å²) in [4.78, 5) is 4.71. The highest BCUT2D eigenvalue weighted by Gasteiger charge is 2.35. The second-order valence-electron chi connectivity index (χ2n) is 4.14. The van der Waals surface area contributed by atoms with Gasteiger partial charge in [0.25, 0.3) is 0 Å². The number of hydrazine groups is 1. The molecule has 1 unspecified atom stereocenters. The lowest BCUT2D eigenvalue weighted by Gasteiger charge is -2.17. The first-order valence-corrected chi connectivity index (χ1v) is 6.45. The van der Waals surface area contributed by atoms with Gasteiger partial charge in [-0.1, -0.05) is 6.07 Å². The molecule has 3 nitrogen and oxygen atoms in total. The van der Waals surface area contributed by atoms with Crippen LogP contribution in [0.3, 0.4) is 0 Å². The molecule has 0 spiro atoms. The minimum absolute atomic E-state index is 0.230. The molecular weight excluding hydrogens is 294 g/mol. The van der Waals surface area contributed by atoms with Crippen LogP contribution in [0.1, 0.15) is 27.7 Å². The highest BCUT2D eigenvalue weighted by molar-refractivity contribution is 7.09. The number of thiazole rings is 1. The number of hydrogen-bond acceptors (Lipinski definition) is 4. The van der Waals surface area contributed by atoms with Crippen LogP contribution < -0.4 is 11.3 Å². The Morgan fingerprint density at radius 1 is 1.35 bits per heavy atom. The molecule has 0 aliphatic heterocycles. The number of benzene rings is 1. The van der Waals surface area contributed by atoms with E-state index < -0.39 is 23.6 Å². The van der Waals surface area contributed by atoms with Gasteiger partial charge >= 0.3 is 6.18 Å². The van der Waals surface area contributed by atoms with Crippen molar-refractivity contribution in [1.82, 2.24) is 10.4 Å². The Bertz CT molecular complexity index is 609. The van der Waals surface area contributed by atoms with Gasteiger partial charge in [0.05, 0.1) is 27.7 Å². The first-order valence-electron chi connectivity index (χ1n) is 5.57. The second-order valence-corrected chi connectivity index (χ2v) is 5.03. The summed E-state index contributed by atoms with van der Waals surface area (Å²) < 4.78 is 51.4. The first kappa shape index (κ1) is 14.9. The van der Waals surface area contributed by atoms with Gasteiger partial charge < -0.3 is 0 Å². The fourth-order valence-corrected chi connectivity index (χ4v) is 2.74. The normalized spacial score (nSPS) is 13.5. The number of rotatable bonds is 3. The Morgan fingerprint density at radius 3 is 2.55 bits per heavy atom. The molecule has 1 aromatic carbocycles. The number of aryl methyl sites for hydroxylation is 1. The lowest BCUT2D eigenvalue weighted by atomic mass is 10.0. The summed E-state index contributed by atoms with van der Waals surface area (Å²) in [6.07, 6.45) is -4.75. The van der Waals surface area contributed by atoms with Gasteiger partial charge in [0.15, 0.2) is 0 Å². The summed E-state index contributed by atoms with van der Waals surface area (Å²) in [6, 6.07) is 2.16. The molecule has 0 aliphatic rings. The average Bonchev–Trinajstić information content (AvgIpc) is 2.77. The van der Waals surface area contributed by atoms with Crippen molar-refractivity contribution in [3.05, 3.63) is 51.2 Å². The van der Waals surface area contributed by atoms with Gasteiger partial charge in [-0.05, 0) is 24.6 Å². The van der Waals surface area contributed by atoms with E-state index in [9.17, 15) is 17.6 Å². The Kier molecular flexibility index (Phi) is 4.07. The number of nitrogens with one attached hydrogen (secondary N) is 1. The van der Waals surface area contributed by atoms with Crippen molar-refractivity contribution in [2.24, 2.45) is 5.84 Å².